The van der Waals surface area contributed by atoms with Crippen LogP contribution in [0.25, 0.3) is 0 Å². The summed E-state index contributed by atoms with van der Waals surface area (Å²) in [7, 11) is 1.29. The van der Waals surface area contributed by atoms with Crippen molar-refractivity contribution in [3.05, 3.63) is 52.2 Å². The highest BCUT2D eigenvalue weighted by atomic mass is 32.1. The average Bonchev–Trinajstić information content (AvgIpc) is 3.12. The van der Waals surface area contributed by atoms with Gasteiger partial charge in [-0.25, -0.2) is 4.79 Å². The number of carbonyl (C=O) groups is 3. The van der Waals surface area contributed by atoms with Crippen molar-refractivity contribution in [2.45, 2.75) is 6.92 Å². The van der Waals surface area contributed by atoms with Crippen LogP contribution in [0.15, 0.2) is 41.8 Å². The van der Waals surface area contributed by atoms with Crippen LogP contribution in [0.4, 0.5) is 5.69 Å². The molecule has 0 aliphatic carbocycles. The Bertz CT molecular complexity index is 728. The molecule has 2 rings (SSSR count). The monoisotopic (exact) mass is 346 g/mol. The predicted molar refractivity (Wildman–Crippen MR) is 92.5 cm³/mol. The molecule has 0 saturated heterocycles. The zero-order valence-electron chi connectivity index (χ0n) is 13.4. The molecule has 0 unspecified atom stereocenters. The number of nitrogens with one attached hydrogen (secondary N) is 1. The number of rotatable bonds is 6. The first-order chi connectivity index (χ1) is 11.5. The number of carbonyl (C=O) groups excluding carboxylic acids is 3. The molecule has 0 fully saturated rings. The van der Waals surface area contributed by atoms with Crippen molar-refractivity contribution in [3.8, 4) is 0 Å². The number of esters is 1. The molecule has 0 spiro atoms. The van der Waals surface area contributed by atoms with E-state index in [0.29, 0.717) is 16.1 Å². The summed E-state index contributed by atoms with van der Waals surface area (Å²) in [6.07, 6.45) is 0. The van der Waals surface area contributed by atoms with Crippen molar-refractivity contribution in [2.24, 2.45) is 0 Å². The Labute approximate surface area is 144 Å². The Morgan fingerprint density at radius 3 is 2.54 bits per heavy atom. The number of ether oxygens (including phenoxy) is 1. The number of hydrogen-bond acceptors (Lipinski definition) is 5. The van der Waals surface area contributed by atoms with Crippen molar-refractivity contribution in [1.82, 2.24) is 5.32 Å². The van der Waals surface area contributed by atoms with Gasteiger partial charge < -0.3 is 15.0 Å². The largest absolute Gasteiger partial charge is 0.465 e. The van der Waals surface area contributed by atoms with Gasteiger partial charge in [0.1, 0.15) is 0 Å². The maximum absolute atomic E-state index is 12.0. The molecule has 0 saturated carbocycles. The Balaban J connectivity index is 2.09. The molecule has 2 aromatic rings. The van der Waals surface area contributed by atoms with Gasteiger partial charge in [-0.15, -0.1) is 11.3 Å². The molecule has 7 heteroatoms. The van der Waals surface area contributed by atoms with Gasteiger partial charge in [0.05, 0.1) is 23.2 Å². The van der Waals surface area contributed by atoms with E-state index >= 15 is 0 Å². The molecule has 0 aliphatic heterocycles. The zero-order chi connectivity index (χ0) is 17.5. The summed E-state index contributed by atoms with van der Waals surface area (Å²) in [5.41, 5.74) is 0.766. The Hall–Kier alpha value is -2.67. The van der Waals surface area contributed by atoms with Gasteiger partial charge in [0.2, 0.25) is 5.91 Å². The van der Waals surface area contributed by atoms with E-state index < -0.39 is 5.97 Å². The minimum atomic E-state index is -0.514. The van der Waals surface area contributed by atoms with Crippen LogP contribution >= 0.6 is 11.3 Å². The first-order valence-corrected chi connectivity index (χ1v) is 8.19. The molecule has 6 nitrogen and oxygen atoms in total. The van der Waals surface area contributed by atoms with Crippen LogP contribution in [-0.2, 0) is 9.53 Å². The Kier molecular flexibility index (Phi) is 6.08. The second-order valence-electron chi connectivity index (χ2n) is 4.91. The number of methoxy groups -OCH3 is 1. The van der Waals surface area contributed by atoms with Crippen LogP contribution in [0.5, 0.6) is 0 Å². The fourth-order valence-corrected chi connectivity index (χ4v) is 2.86. The molecule has 126 valence electrons. The highest BCUT2D eigenvalue weighted by molar-refractivity contribution is 7.12. The first-order valence-electron chi connectivity index (χ1n) is 7.31. The van der Waals surface area contributed by atoms with Gasteiger partial charge in [-0.05, 0) is 23.6 Å². The average molecular weight is 346 g/mol. The highest BCUT2D eigenvalue weighted by Crippen LogP contribution is 2.21. The number of hydrogen-bond donors (Lipinski definition) is 1. The zero-order valence-corrected chi connectivity index (χ0v) is 14.3. The van der Waals surface area contributed by atoms with E-state index in [-0.39, 0.29) is 24.9 Å². The molecule has 1 heterocycles. The van der Waals surface area contributed by atoms with Crippen molar-refractivity contribution in [1.29, 1.82) is 0 Å². The van der Waals surface area contributed by atoms with Gasteiger partial charge in [-0.1, -0.05) is 18.2 Å². The molecular formula is C17H18N2O4S. The van der Waals surface area contributed by atoms with Crippen LogP contribution in [0.1, 0.15) is 27.0 Å². The lowest BCUT2D eigenvalue weighted by molar-refractivity contribution is -0.116. The molecule has 1 aromatic heterocycles. The Morgan fingerprint density at radius 2 is 1.92 bits per heavy atom. The minimum Gasteiger partial charge on any atom is -0.465 e. The fourth-order valence-electron chi connectivity index (χ4n) is 2.22. The topological polar surface area (TPSA) is 75.7 Å². The van der Waals surface area contributed by atoms with E-state index in [1.807, 2.05) is 5.38 Å². The van der Waals surface area contributed by atoms with Gasteiger partial charge in [0, 0.05) is 20.0 Å². The summed E-state index contributed by atoms with van der Waals surface area (Å²) in [6, 6.07) is 10.2. The third kappa shape index (κ3) is 4.20. The third-order valence-electron chi connectivity index (χ3n) is 3.35. The highest BCUT2D eigenvalue weighted by Gasteiger charge is 2.19. The summed E-state index contributed by atoms with van der Waals surface area (Å²) in [5, 5.41) is 4.59. The molecule has 1 N–H and O–H groups in total. The van der Waals surface area contributed by atoms with E-state index in [1.165, 1.54) is 30.3 Å². The molecule has 1 aromatic carbocycles. The first kappa shape index (κ1) is 17.7. The number of benzene rings is 1. The van der Waals surface area contributed by atoms with Crippen molar-refractivity contribution in [2.75, 3.05) is 25.1 Å². The molecule has 24 heavy (non-hydrogen) atoms. The van der Waals surface area contributed by atoms with E-state index in [9.17, 15) is 14.4 Å². The SMILES string of the molecule is COC(=O)c1ccccc1N(CCNC(=O)c1cccs1)C(C)=O. The lowest BCUT2D eigenvalue weighted by atomic mass is 10.1. The molecule has 2 amide bonds. The molecular weight excluding hydrogens is 328 g/mol. The van der Waals surface area contributed by atoms with E-state index in [2.05, 4.69) is 5.32 Å². The van der Waals surface area contributed by atoms with Crippen molar-refractivity contribution < 1.29 is 19.1 Å². The van der Waals surface area contributed by atoms with Gasteiger partial charge in [-0.3, -0.25) is 9.59 Å². The maximum atomic E-state index is 12.0. The molecule has 0 atom stereocenters. The summed E-state index contributed by atoms with van der Waals surface area (Å²) < 4.78 is 4.75. The number of thiophene rings is 1. The second-order valence-corrected chi connectivity index (χ2v) is 5.86. The van der Waals surface area contributed by atoms with Crippen LogP contribution in [0.2, 0.25) is 0 Å². The standard InChI is InChI=1S/C17H18N2O4S/c1-12(20)19(10-9-18-16(21)15-8-5-11-24-15)14-7-4-3-6-13(14)17(22)23-2/h3-8,11H,9-10H2,1-2H3,(H,18,21). The molecule has 0 bridgehead atoms. The van der Waals surface area contributed by atoms with Gasteiger partial charge in [0.25, 0.3) is 5.91 Å². The summed E-state index contributed by atoms with van der Waals surface area (Å²) >= 11 is 1.35. The number of nitrogens with zero attached hydrogens (tertiary/aromatic N) is 1. The maximum Gasteiger partial charge on any atom is 0.339 e. The molecule has 0 aliphatic rings. The predicted octanol–water partition coefficient (Wildman–Crippen LogP) is 2.32. The fraction of sp³-hybridized carbons (Fsp3) is 0.235. The van der Waals surface area contributed by atoms with Gasteiger partial charge >= 0.3 is 5.97 Å². The third-order valence-corrected chi connectivity index (χ3v) is 4.21. The van der Waals surface area contributed by atoms with E-state index in [1.54, 1.807) is 36.4 Å². The smallest absolute Gasteiger partial charge is 0.339 e. The molecule has 0 radical (unpaired) electrons. The van der Waals surface area contributed by atoms with E-state index in [0.717, 1.165) is 0 Å². The number of para-hydroxylation sites is 1. The normalized spacial score (nSPS) is 10.1. The lowest BCUT2D eigenvalue weighted by Crippen LogP contribution is -2.38. The van der Waals surface area contributed by atoms with Crippen LogP contribution in [0.3, 0.4) is 0 Å². The van der Waals surface area contributed by atoms with E-state index in [4.69, 9.17) is 4.74 Å². The summed E-state index contributed by atoms with van der Waals surface area (Å²) in [6.45, 7) is 1.93. The van der Waals surface area contributed by atoms with Crippen molar-refractivity contribution in [3.63, 3.8) is 0 Å². The minimum absolute atomic E-state index is 0.185. The van der Waals surface area contributed by atoms with Gasteiger partial charge in [-0.2, -0.15) is 0 Å². The number of anilines is 1. The van der Waals surface area contributed by atoms with Crippen LogP contribution < -0.4 is 10.2 Å². The van der Waals surface area contributed by atoms with Crippen LogP contribution in [-0.4, -0.2) is 38.0 Å². The van der Waals surface area contributed by atoms with Gasteiger partial charge in [0.15, 0.2) is 0 Å². The number of amides is 2. The summed E-state index contributed by atoms with van der Waals surface area (Å²) in [4.78, 5) is 37.8. The quantitative estimate of drug-likeness (QED) is 0.815. The van der Waals surface area contributed by atoms with Crippen LogP contribution in [0, 0.1) is 0 Å². The van der Waals surface area contributed by atoms with Crippen molar-refractivity contribution >= 4 is 34.8 Å². The lowest BCUT2D eigenvalue weighted by Gasteiger charge is -2.23. The summed E-state index contributed by atoms with van der Waals surface area (Å²) in [5.74, 6) is -0.925. The Morgan fingerprint density at radius 1 is 1.17 bits per heavy atom. The second kappa shape index (κ2) is 8.26.